The van der Waals surface area contributed by atoms with Crippen LogP contribution in [-0.4, -0.2) is 39.2 Å². The van der Waals surface area contributed by atoms with Gasteiger partial charge in [0.05, 0.1) is 19.9 Å². The molecule has 0 saturated carbocycles. The number of anilines is 1. The standard InChI is InChI=1S/C20H22N2O5/c1-25-15-8-7-14(18(11-15)26-2)12-21-19(23)9-10-22-16-5-3-4-6-17(16)27-13-20(22)24/h3-8,11H,9-10,12-13H2,1-2H3,(H,21,23). The summed E-state index contributed by atoms with van der Waals surface area (Å²) < 4.78 is 15.9. The second-order valence-electron chi connectivity index (χ2n) is 6.01. The van der Waals surface area contributed by atoms with E-state index in [0.717, 1.165) is 5.56 Å². The van der Waals surface area contributed by atoms with Gasteiger partial charge in [0.15, 0.2) is 6.61 Å². The molecule has 0 bridgehead atoms. The van der Waals surface area contributed by atoms with Crippen molar-refractivity contribution in [2.45, 2.75) is 13.0 Å². The summed E-state index contributed by atoms with van der Waals surface area (Å²) in [6.45, 7) is 0.617. The van der Waals surface area contributed by atoms with Gasteiger partial charge in [0, 0.05) is 31.1 Å². The zero-order chi connectivity index (χ0) is 19.2. The van der Waals surface area contributed by atoms with Gasteiger partial charge in [0.2, 0.25) is 5.91 Å². The van der Waals surface area contributed by atoms with E-state index in [1.807, 2.05) is 36.4 Å². The van der Waals surface area contributed by atoms with Crippen LogP contribution in [0.2, 0.25) is 0 Å². The molecular formula is C20H22N2O5. The number of nitrogens with zero attached hydrogens (tertiary/aromatic N) is 1. The molecule has 2 aromatic rings. The Morgan fingerprint density at radius 1 is 1.19 bits per heavy atom. The van der Waals surface area contributed by atoms with Crippen LogP contribution in [0.25, 0.3) is 0 Å². The predicted molar refractivity (Wildman–Crippen MR) is 100 cm³/mol. The molecule has 1 aliphatic heterocycles. The maximum absolute atomic E-state index is 12.3. The monoisotopic (exact) mass is 370 g/mol. The number of rotatable bonds is 7. The molecular weight excluding hydrogens is 348 g/mol. The molecule has 0 atom stereocenters. The second kappa shape index (κ2) is 8.44. The summed E-state index contributed by atoms with van der Waals surface area (Å²) in [5.41, 5.74) is 1.54. The van der Waals surface area contributed by atoms with Crippen LogP contribution in [0.5, 0.6) is 17.2 Å². The molecule has 0 saturated heterocycles. The van der Waals surface area contributed by atoms with Crippen LogP contribution in [0.4, 0.5) is 5.69 Å². The van der Waals surface area contributed by atoms with Crippen molar-refractivity contribution in [2.75, 3.05) is 32.3 Å². The summed E-state index contributed by atoms with van der Waals surface area (Å²) in [4.78, 5) is 26.0. The lowest BCUT2D eigenvalue weighted by Crippen LogP contribution is -2.41. The molecule has 0 fully saturated rings. The van der Waals surface area contributed by atoms with E-state index in [1.165, 1.54) is 0 Å². The highest BCUT2D eigenvalue weighted by atomic mass is 16.5. The number of fused-ring (bicyclic) bond motifs is 1. The van der Waals surface area contributed by atoms with E-state index in [0.29, 0.717) is 36.0 Å². The quantitative estimate of drug-likeness (QED) is 0.808. The summed E-state index contributed by atoms with van der Waals surface area (Å²) in [5.74, 6) is 1.68. The molecule has 2 amide bonds. The third-order valence-corrected chi connectivity index (χ3v) is 4.34. The summed E-state index contributed by atoms with van der Waals surface area (Å²) in [5, 5.41) is 2.86. The third kappa shape index (κ3) is 4.31. The van der Waals surface area contributed by atoms with Crippen LogP contribution in [0.15, 0.2) is 42.5 Å². The molecule has 27 heavy (non-hydrogen) atoms. The van der Waals surface area contributed by atoms with Gasteiger partial charge >= 0.3 is 0 Å². The number of carbonyl (C=O) groups is 2. The molecule has 0 radical (unpaired) electrons. The minimum atomic E-state index is -0.154. The molecule has 1 N–H and O–H groups in total. The first-order valence-electron chi connectivity index (χ1n) is 8.62. The SMILES string of the molecule is COc1ccc(CNC(=O)CCN2C(=O)COc3ccccc32)c(OC)c1. The Hall–Kier alpha value is -3.22. The highest BCUT2D eigenvalue weighted by Gasteiger charge is 2.25. The number of para-hydroxylation sites is 2. The summed E-state index contributed by atoms with van der Waals surface area (Å²) in [7, 11) is 3.16. The van der Waals surface area contributed by atoms with Crippen molar-refractivity contribution in [1.82, 2.24) is 5.32 Å². The van der Waals surface area contributed by atoms with Crippen molar-refractivity contribution >= 4 is 17.5 Å². The van der Waals surface area contributed by atoms with E-state index in [4.69, 9.17) is 14.2 Å². The Labute approximate surface area is 157 Å². The Morgan fingerprint density at radius 3 is 2.78 bits per heavy atom. The van der Waals surface area contributed by atoms with Crippen molar-refractivity contribution in [3.05, 3.63) is 48.0 Å². The molecule has 3 rings (SSSR count). The van der Waals surface area contributed by atoms with Crippen LogP contribution < -0.4 is 24.4 Å². The van der Waals surface area contributed by atoms with Crippen LogP contribution in [0, 0.1) is 0 Å². The first-order chi connectivity index (χ1) is 13.1. The van der Waals surface area contributed by atoms with Crippen LogP contribution >= 0.6 is 0 Å². The fraction of sp³-hybridized carbons (Fsp3) is 0.300. The molecule has 0 unspecified atom stereocenters. The van der Waals surface area contributed by atoms with Crippen molar-refractivity contribution in [1.29, 1.82) is 0 Å². The number of amides is 2. The van der Waals surface area contributed by atoms with Gasteiger partial charge < -0.3 is 24.4 Å². The van der Waals surface area contributed by atoms with Gasteiger partial charge in [-0.1, -0.05) is 12.1 Å². The van der Waals surface area contributed by atoms with E-state index in [9.17, 15) is 9.59 Å². The summed E-state index contributed by atoms with van der Waals surface area (Å²) in [6.07, 6.45) is 0.193. The van der Waals surface area contributed by atoms with E-state index < -0.39 is 0 Å². The molecule has 0 aromatic heterocycles. The van der Waals surface area contributed by atoms with Gasteiger partial charge in [-0.05, 0) is 24.3 Å². The summed E-state index contributed by atoms with van der Waals surface area (Å²) >= 11 is 0. The molecule has 2 aromatic carbocycles. The molecule has 0 spiro atoms. The number of benzene rings is 2. The number of ether oxygens (including phenoxy) is 3. The predicted octanol–water partition coefficient (Wildman–Crippen LogP) is 2.14. The number of methoxy groups -OCH3 is 2. The Bertz CT molecular complexity index is 837. The minimum absolute atomic E-state index is 0.0122. The highest BCUT2D eigenvalue weighted by molar-refractivity contribution is 5.98. The first kappa shape index (κ1) is 18.6. The van der Waals surface area contributed by atoms with Crippen LogP contribution in [0.3, 0.4) is 0 Å². The zero-order valence-electron chi connectivity index (χ0n) is 15.4. The number of hydrogen-bond acceptors (Lipinski definition) is 5. The van der Waals surface area contributed by atoms with Gasteiger partial charge in [-0.3, -0.25) is 9.59 Å². The molecule has 1 heterocycles. The van der Waals surface area contributed by atoms with Crippen molar-refractivity contribution in [3.63, 3.8) is 0 Å². The topological polar surface area (TPSA) is 77.1 Å². The average molecular weight is 370 g/mol. The van der Waals surface area contributed by atoms with Gasteiger partial charge in [-0.25, -0.2) is 0 Å². The lowest BCUT2D eigenvalue weighted by molar-refractivity contribution is -0.122. The first-order valence-corrected chi connectivity index (χ1v) is 8.62. The smallest absolute Gasteiger partial charge is 0.265 e. The highest BCUT2D eigenvalue weighted by Crippen LogP contribution is 2.31. The number of hydrogen-bond donors (Lipinski definition) is 1. The van der Waals surface area contributed by atoms with Gasteiger partial charge in [-0.2, -0.15) is 0 Å². The Kier molecular flexibility index (Phi) is 5.80. The third-order valence-electron chi connectivity index (χ3n) is 4.34. The summed E-state index contributed by atoms with van der Waals surface area (Å²) in [6, 6.07) is 12.7. The average Bonchev–Trinajstić information content (AvgIpc) is 2.71. The minimum Gasteiger partial charge on any atom is -0.497 e. The van der Waals surface area contributed by atoms with Crippen molar-refractivity contribution in [3.8, 4) is 17.2 Å². The molecule has 7 heteroatoms. The van der Waals surface area contributed by atoms with E-state index in [-0.39, 0.29) is 24.8 Å². The lowest BCUT2D eigenvalue weighted by Gasteiger charge is -2.29. The molecule has 1 aliphatic rings. The van der Waals surface area contributed by atoms with Crippen LogP contribution in [0.1, 0.15) is 12.0 Å². The van der Waals surface area contributed by atoms with E-state index in [1.54, 1.807) is 25.2 Å². The molecule has 142 valence electrons. The normalized spacial score (nSPS) is 12.8. The van der Waals surface area contributed by atoms with Crippen LogP contribution in [-0.2, 0) is 16.1 Å². The van der Waals surface area contributed by atoms with Crippen molar-refractivity contribution < 1.29 is 23.8 Å². The number of carbonyl (C=O) groups excluding carboxylic acids is 2. The van der Waals surface area contributed by atoms with Gasteiger partial charge in [-0.15, -0.1) is 0 Å². The fourth-order valence-electron chi connectivity index (χ4n) is 2.89. The Balaban J connectivity index is 1.57. The fourth-order valence-corrected chi connectivity index (χ4v) is 2.89. The zero-order valence-corrected chi connectivity index (χ0v) is 15.4. The van der Waals surface area contributed by atoms with Gasteiger partial charge in [0.25, 0.3) is 5.91 Å². The second-order valence-corrected chi connectivity index (χ2v) is 6.01. The lowest BCUT2D eigenvalue weighted by atomic mass is 10.2. The molecule has 7 nitrogen and oxygen atoms in total. The van der Waals surface area contributed by atoms with E-state index >= 15 is 0 Å². The van der Waals surface area contributed by atoms with Gasteiger partial charge in [0.1, 0.15) is 17.2 Å². The Morgan fingerprint density at radius 2 is 2.00 bits per heavy atom. The largest absolute Gasteiger partial charge is 0.497 e. The van der Waals surface area contributed by atoms with Crippen molar-refractivity contribution in [2.24, 2.45) is 0 Å². The maximum atomic E-state index is 12.3. The number of nitrogens with one attached hydrogen (secondary N) is 1. The maximum Gasteiger partial charge on any atom is 0.265 e. The van der Waals surface area contributed by atoms with E-state index in [2.05, 4.69) is 5.32 Å². The molecule has 0 aliphatic carbocycles.